The second-order valence-electron chi connectivity index (χ2n) is 6.53. The van der Waals surface area contributed by atoms with E-state index in [0.717, 1.165) is 17.0 Å². The molecule has 0 aromatic heterocycles. The molecule has 0 heterocycles. The zero-order chi connectivity index (χ0) is 22.1. The summed E-state index contributed by atoms with van der Waals surface area (Å²) in [4.78, 5) is 0. The highest BCUT2D eigenvalue weighted by Crippen LogP contribution is 2.15. The zero-order valence-corrected chi connectivity index (χ0v) is 18.6. The topological polar surface area (TPSA) is 61.9 Å². The third kappa shape index (κ3) is 12.8. The lowest BCUT2D eigenvalue weighted by molar-refractivity contribution is 0.601. The Morgan fingerprint density at radius 1 is 1.18 bits per heavy atom. The Labute approximate surface area is 171 Å². The van der Waals surface area contributed by atoms with Gasteiger partial charge in [0.25, 0.3) is 0 Å². The van der Waals surface area contributed by atoms with Crippen LogP contribution >= 0.6 is 0 Å². The minimum absolute atomic E-state index is 0.142. The molecule has 0 radical (unpaired) electrons. The standard InChI is InChI=1S/C10H12N2.C8H10FN.C4H10.C2H6/c1-3-8-4-5-10(12)9(6-8)7(2)11;1-10-6-7-4-2-3-5-8(7)9;1-4(2)3;1-2/h3-6,11H,1,12H2,2H3;2-5,10H,6H2,1H3;4H,1-3H3;1-2H3. The SMILES string of the molecule is C=Cc1ccc(N)c(C(C)=N)c1.CC.CC(C)C.CNCc1ccccc1F. The number of anilines is 1. The predicted octanol–water partition coefficient (Wildman–Crippen LogP) is 6.53. The van der Waals surface area contributed by atoms with Crippen molar-refractivity contribution in [3.05, 3.63) is 71.6 Å². The summed E-state index contributed by atoms with van der Waals surface area (Å²) in [6, 6.07) is 12.3. The maximum Gasteiger partial charge on any atom is 0.127 e. The first-order valence-electron chi connectivity index (χ1n) is 9.68. The zero-order valence-electron chi connectivity index (χ0n) is 18.6. The first-order valence-corrected chi connectivity index (χ1v) is 9.68. The summed E-state index contributed by atoms with van der Waals surface area (Å²) < 4.78 is 12.7. The van der Waals surface area contributed by atoms with Crippen molar-refractivity contribution in [1.82, 2.24) is 5.32 Å². The fourth-order valence-corrected chi connectivity index (χ4v) is 1.86. The second kappa shape index (κ2) is 16.7. The molecular weight excluding hydrogens is 349 g/mol. The molecule has 4 heteroatoms. The maximum absolute atomic E-state index is 12.7. The highest BCUT2D eigenvalue weighted by Gasteiger charge is 2.00. The molecule has 0 spiro atoms. The van der Waals surface area contributed by atoms with Crippen LogP contribution < -0.4 is 11.1 Å². The van der Waals surface area contributed by atoms with Crippen LogP contribution in [0.4, 0.5) is 10.1 Å². The lowest BCUT2D eigenvalue weighted by Gasteiger charge is -2.04. The Balaban J connectivity index is 0. The van der Waals surface area contributed by atoms with E-state index in [9.17, 15) is 4.39 Å². The summed E-state index contributed by atoms with van der Waals surface area (Å²) in [5.74, 6) is 0.692. The van der Waals surface area contributed by atoms with Crippen molar-refractivity contribution >= 4 is 17.5 Å². The molecule has 156 valence electrons. The Hall–Kier alpha value is -2.46. The van der Waals surface area contributed by atoms with E-state index in [1.54, 1.807) is 38.2 Å². The summed E-state index contributed by atoms with van der Waals surface area (Å²) in [7, 11) is 1.80. The van der Waals surface area contributed by atoms with Crippen LogP contribution in [0.3, 0.4) is 0 Å². The van der Waals surface area contributed by atoms with Crippen molar-refractivity contribution in [2.45, 2.75) is 48.1 Å². The van der Waals surface area contributed by atoms with E-state index < -0.39 is 0 Å². The maximum atomic E-state index is 12.7. The minimum atomic E-state index is -0.142. The average Bonchev–Trinajstić information content (AvgIpc) is 2.66. The number of nitrogen functional groups attached to an aromatic ring is 1. The van der Waals surface area contributed by atoms with Crippen molar-refractivity contribution in [3.8, 4) is 0 Å². The van der Waals surface area contributed by atoms with Crippen molar-refractivity contribution < 1.29 is 4.39 Å². The monoisotopic (exact) mass is 387 g/mol. The van der Waals surface area contributed by atoms with Crippen LogP contribution in [0.5, 0.6) is 0 Å². The van der Waals surface area contributed by atoms with Crippen LogP contribution in [0, 0.1) is 17.1 Å². The number of hydrogen-bond donors (Lipinski definition) is 3. The molecule has 0 aliphatic rings. The number of nitrogens with one attached hydrogen (secondary N) is 2. The Bertz CT molecular complexity index is 691. The third-order valence-electron chi connectivity index (χ3n) is 3.04. The van der Waals surface area contributed by atoms with E-state index in [0.29, 0.717) is 23.5 Å². The predicted molar refractivity (Wildman–Crippen MR) is 124 cm³/mol. The molecule has 0 atom stereocenters. The number of hydrogen-bond acceptors (Lipinski definition) is 3. The number of rotatable bonds is 4. The summed E-state index contributed by atoms with van der Waals surface area (Å²) in [6.07, 6.45) is 1.74. The highest BCUT2D eigenvalue weighted by molar-refractivity contribution is 6.01. The van der Waals surface area contributed by atoms with Gasteiger partial charge in [-0.25, -0.2) is 4.39 Å². The normalized spacial score (nSPS) is 9.04. The molecular formula is C24H38FN3. The molecule has 0 aliphatic carbocycles. The lowest BCUT2D eigenvalue weighted by Crippen LogP contribution is -2.06. The Morgan fingerprint density at radius 2 is 1.71 bits per heavy atom. The van der Waals surface area contributed by atoms with Gasteiger partial charge >= 0.3 is 0 Å². The molecule has 2 aromatic carbocycles. The van der Waals surface area contributed by atoms with Crippen molar-refractivity contribution in [2.24, 2.45) is 5.92 Å². The van der Waals surface area contributed by atoms with Gasteiger partial charge in [0.1, 0.15) is 5.82 Å². The fraction of sp³-hybridized carbons (Fsp3) is 0.375. The number of benzene rings is 2. The fourth-order valence-electron chi connectivity index (χ4n) is 1.86. The van der Waals surface area contributed by atoms with E-state index in [1.165, 1.54) is 6.07 Å². The second-order valence-corrected chi connectivity index (χ2v) is 6.53. The minimum Gasteiger partial charge on any atom is -0.398 e. The molecule has 2 rings (SSSR count). The van der Waals surface area contributed by atoms with Gasteiger partial charge in [-0.05, 0) is 43.7 Å². The summed E-state index contributed by atoms with van der Waals surface area (Å²) in [5, 5.41) is 10.3. The van der Waals surface area contributed by atoms with E-state index in [2.05, 4.69) is 32.7 Å². The molecule has 0 bridgehead atoms. The van der Waals surface area contributed by atoms with Gasteiger partial charge in [0, 0.05) is 29.1 Å². The van der Waals surface area contributed by atoms with Gasteiger partial charge in [-0.2, -0.15) is 0 Å². The summed E-state index contributed by atoms with van der Waals surface area (Å²) in [6.45, 7) is 16.5. The van der Waals surface area contributed by atoms with E-state index in [-0.39, 0.29) is 5.82 Å². The molecule has 0 aliphatic heterocycles. The van der Waals surface area contributed by atoms with Gasteiger partial charge in [-0.3, -0.25) is 0 Å². The average molecular weight is 388 g/mol. The number of halogens is 1. The number of nitrogens with two attached hydrogens (primary N) is 1. The molecule has 4 N–H and O–H groups in total. The van der Waals surface area contributed by atoms with E-state index in [1.807, 2.05) is 32.0 Å². The van der Waals surface area contributed by atoms with Crippen LogP contribution in [0.15, 0.2) is 49.0 Å². The smallest absolute Gasteiger partial charge is 0.127 e. The van der Waals surface area contributed by atoms with Gasteiger partial charge in [0.05, 0.1) is 0 Å². The van der Waals surface area contributed by atoms with Gasteiger partial charge < -0.3 is 16.5 Å². The van der Waals surface area contributed by atoms with Crippen molar-refractivity contribution in [2.75, 3.05) is 12.8 Å². The lowest BCUT2D eigenvalue weighted by atomic mass is 10.1. The van der Waals surface area contributed by atoms with Gasteiger partial charge in [-0.1, -0.05) is 71.5 Å². The van der Waals surface area contributed by atoms with E-state index >= 15 is 0 Å². The van der Waals surface area contributed by atoms with Crippen molar-refractivity contribution in [1.29, 1.82) is 5.41 Å². The molecule has 0 fully saturated rings. The molecule has 2 aromatic rings. The first-order chi connectivity index (χ1) is 13.2. The van der Waals surface area contributed by atoms with Crippen LogP contribution in [-0.2, 0) is 6.54 Å². The van der Waals surface area contributed by atoms with Crippen LogP contribution in [0.25, 0.3) is 6.08 Å². The highest BCUT2D eigenvalue weighted by atomic mass is 19.1. The molecule has 3 nitrogen and oxygen atoms in total. The van der Waals surface area contributed by atoms with Gasteiger partial charge in [-0.15, -0.1) is 0 Å². The molecule has 0 saturated carbocycles. The third-order valence-corrected chi connectivity index (χ3v) is 3.04. The summed E-state index contributed by atoms with van der Waals surface area (Å²) >= 11 is 0. The molecule has 0 amide bonds. The Morgan fingerprint density at radius 3 is 2.14 bits per heavy atom. The van der Waals surface area contributed by atoms with Gasteiger partial charge in [0.2, 0.25) is 0 Å². The first kappa shape index (κ1) is 27.8. The summed E-state index contributed by atoms with van der Waals surface area (Å²) in [5.41, 5.74) is 9.29. The molecule has 0 saturated heterocycles. The van der Waals surface area contributed by atoms with Crippen LogP contribution in [0.2, 0.25) is 0 Å². The van der Waals surface area contributed by atoms with Crippen LogP contribution in [0.1, 0.15) is 58.2 Å². The molecule has 0 unspecified atom stereocenters. The quantitative estimate of drug-likeness (QED) is 0.412. The van der Waals surface area contributed by atoms with Gasteiger partial charge in [0.15, 0.2) is 0 Å². The van der Waals surface area contributed by atoms with E-state index in [4.69, 9.17) is 11.1 Å². The Kier molecular flexibility index (Phi) is 16.5. The van der Waals surface area contributed by atoms with Crippen molar-refractivity contribution in [3.63, 3.8) is 0 Å². The largest absolute Gasteiger partial charge is 0.398 e. The van der Waals surface area contributed by atoms with Crippen LogP contribution in [-0.4, -0.2) is 12.8 Å². The molecule has 28 heavy (non-hydrogen) atoms.